The summed E-state index contributed by atoms with van der Waals surface area (Å²) in [6, 6.07) is 20.1. The van der Waals surface area contributed by atoms with Crippen molar-refractivity contribution in [2.24, 2.45) is 17.8 Å². The number of allylic oxidation sites excluding steroid dienone is 2. The Balaban J connectivity index is 1.43. The van der Waals surface area contributed by atoms with Crippen LogP contribution in [0.5, 0.6) is 0 Å². The molecule has 5 rings (SSSR count). The Hall–Kier alpha value is -2.33. The van der Waals surface area contributed by atoms with E-state index in [-0.39, 0.29) is 29.5 Å². The first-order chi connectivity index (χ1) is 20.6. The van der Waals surface area contributed by atoms with Gasteiger partial charge in [-0.2, -0.15) is 0 Å². The van der Waals surface area contributed by atoms with E-state index in [0.717, 1.165) is 24.0 Å². The molecule has 0 unspecified atom stereocenters. The smallest absolute Gasteiger partial charge is 0.310 e. The maximum absolute atomic E-state index is 13.7. The van der Waals surface area contributed by atoms with Crippen molar-refractivity contribution in [2.45, 2.75) is 95.7 Å². The van der Waals surface area contributed by atoms with Gasteiger partial charge < -0.3 is 28.1 Å². The monoisotopic (exact) mass is 608 g/mol. The third-order valence-corrected chi connectivity index (χ3v) is 14.0. The van der Waals surface area contributed by atoms with E-state index in [1.165, 1.54) is 0 Å². The summed E-state index contributed by atoms with van der Waals surface area (Å²) >= 11 is 0. The molecule has 2 fully saturated rings. The standard InChI is InChI=1S/C35H48O7Si/c1-35(2,3)43(5,6)42-31-30(39-22-25-15-11-8-12-16-25)29(23-38-21-24-13-9-7-10-14-24)40-34(37-4)32(31)41-33(36)28-20-26-17-18-27(28)19-26/h7-18,26-32,34H,19-23H2,1-6H3/t26-,27+,28-,29-,30-,31+,32-,34+/m1/s1. The SMILES string of the molecule is CO[C@H]1O[C@H](COCc2ccccc2)[C@@H](OCc2ccccc2)[C@H](O[Si](C)(C)C(C)(C)C)[C@H]1OC(=O)[C@@H]1C[C@@H]2C=C[C@H]1C2. The van der Waals surface area contributed by atoms with E-state index in [9.17, 15) is 4.79 Å². The normalized spacial score (nSPS) is 30.5. The van der Waals surface area contributed by atoms with Gasteiger partial charge in [-0.25, -0.2) is 0 Å². The predicted molar refractivity (Wildman–Crippen MR) is 168 cm³/mol. The highest BCUT2D eigenvalue weighted by Gasteiger charge is 2.54. The average Bonchev–Trinajstić information content (AvgIpc) is 3.62. The Kier molecular flexibility index (Phi) is 10.3. The minimum atomic E-state index is -2.37. The number of ether oxygens (including phenoxy) is 5. The molecule has 3 aliphatic rings. The van der Waals surface area contributed by atoms with E-state index < -0.39 is 39.0 Å². The second-order valence-corrected chi connectivity index (χ2v) is 18.4. The van der Waals surface area contributed by atoms with Crippen molar-refractivity contribution in [1.29, 1.82) is 0 Å². The molecule has 8 atom stereocenters. The number of benzene rings is 2. The lowest BCUT2D eigenvalue weighted by Gasteiger charge is -2.49. The summed E-state index contributed by atoms with van der Waals surface area (Å²) in [6.07, 6.45) is 2.95. The maximum Gasteiger partial charge on any atom is 0.310 e. The molecule has 1 heterocycles. The van der Waals surface area contributed by atoms with E-state index in [1.54, 1.807) is 7.11 Å². The average molecular weight is 609 g/mol. The summed E-state index contributed by atoms with van der Waals surface area (Å²) in [4.78, 5) is 13.7. The van der Waals surface area contributed by atoms with Gasteiger partial charge in [0.15, 0.2) is 20.7 Å². The summed E-state index contributed by atoms with van der Waals surface area (Å²) < 4.78 is 38.7. The van der Waals surface area contributed by atoms with Crippen molar-refractivity contribution in [1.82, 2.24) is 0 Å². The van der Waals surface area contributed by atoms with Crippen LogP contribution in [0.3, 0.4) is 0 Å². The molecule has 2 aromatic carbocycles. The van der Waals surface area contributed by atoms with Crippen molar-refractivity contribution in [3.05, 3.63) is 83.9 Å². The van der Waals surface area contributed by atoms with Crippen molar-refractivity contribution in [2.75, 3.05) is 13.7 Å². The first-order valence-electron chi connectivity index (χ1n) is 15.6. The number of rotatable bonds is 12. The lowest BCUT2D eigenvalue weighted by molar-refractivity contribution is -0.306. The molecular weight excluding hydrogens is 560 g/mol. The molecule has 0 amide bonds. The van der Waals surface area contributed by atoms with Gasteiger partial charge in [-0.15, -0.1) is 0 Å². The van der Waals surface area contributed by atoms with Gasteiger partial charge in [-0.1, -0.05) is 93.6 Å². The molecule has 8 heteroatoms. The number of carbonyl (C=O) groups is 1. The van der Waals surface area contributed by atoms with E-state index in [1.807, 2.05) is 60.7 Å². The van der Waals surface area contributed by atoms with E-state index in [0.29, 0.717) is 19.1 Å². The largest absolute Gasteiger partial charge is 0.454 e. The van der Waals surface area contributed by atoms with Crippen molar-refractivity contribution < 1.29 is 32.9 Å². The van der Waals surface area contributed by atoms with Crippen LogP contribution < -0.4 is 0 Å². The summed E-state index contributed by atoms with van der Waals surface area (Å²) in [5, 5.41) is -0.0822. The van der Waals surface area contributed by atoms with Crippen LogP contribution in [-0.4, -0.2) is 58.7 Å². The summed E-state index contributed by atoms with van der Waals surface area (Å²) in [5.41, 5.74) is 2.11. The van der Waals surface area contributed by atoms with E-state index in [4.69, 9.17) is 28.1 Å². The zero-order valence-electron chi connectivity index (χ0n) is 26.4. The van der Waals surface area contributed by atoms with E-state index >= 15 is 0 Å². The van der Waals surface area contributed by atoms with Crippen LogP contribution in [0.2, 0.25) is 18.1 Å². The summed E-state index contributed by atoms with van der Waals surface area (Å²) in [7, 11) is -0.785. The first-order valence-corrected chi connectivity index (χ1v) is 18.5. The fourth-order valence-corrected chi connectivity index (χ4v) is 7.39. The van der Waals surface area contributed by atoms with Gasteiger partial charge in [0.25, 0.3) is 0 Å². The van der Waals surface area contributed by atoms with Crippen molar-refractivity contribution in [3.8, 4) is 0 Å². The van der Waals surface area contributed by atoms with Crippen LogP contribution in [0.4, 0.5) is 0 Å². The van der Waals surface area contributed by atoms with Gasteiger partial charge in [-0.05, 0) is 53.9 Å². The Morgan fingerprint density at radius 2 is 1.53 bits per heavy atom. The number of fused-ring (bicyclic) bond motifs is 2. The topological polar surface area (TPSA) is 72.5 Å². The Morgan fingerprint density at radius 1 is 0.884 bits per heavy atom. The third-order valence-electron chi connectivity index (χ3n) is 9.57. The molecule has 2 bridgehead atoms. The van der Waals surface area contributed by atoms with Crippen LogP contribution in [0, 0.1) is 17.8 Å². The summed E-state index contributed by atoms with van der Waals surface area (Å²) in [6.45, 7) is 12.1. The molecule has 0 radical (unpaired) electrons. The number of hydrogen-bond donors (Lipinski definition) is 0. The Bertz CT molecular complexity index is 1210. The van der Waals surface area contributed by atoms with Gasteiger partial charge in [0, 0.05) is 7.11 Å². The molecule has 2 aliphatic carbocycles. The Labute approximate surface area is 258 Å². The molecule has 0 N–H and O–H groups in total. The van der Waals surface area contributed by atoms with Crippen LogP contribution in [0.1, 0.15) is 44.7 Å². The lowest BCUT2D eigenvalue weighted by atomic mass is 9.93. The number of hydrogen-bond acceptors (Lipinski definition) is 7. The molecule has 2 aromatic rings. The highest BCUT2D eigenvalue weighted by atomic mass is 28.4. The molecule has 1 aliphatic heterocycles. The Morgan fingerprint density at radius 3 is 2.09 bits per heavy atom. The number of methoxy groups -OCH3 is 1. The number of carbonyl (C=O) groups excluding carboxylic acids is 1. The fraction of sp³-hybridized carbons (Fsp3) is 0.571. The highest BCUT2D eigenvalue weighted by molar-refractivity contribution is 6.74. The van der Waals surface area contributed by atoms with Crippen LogP contribution in [0.25, 0.3) is 0 Å². The maximum atomic E-state index is 13.7. The molecule has 7 nitrogen and oxygen atoms in total. The van der Waals surface area contributed by atoms with Crippen molar-refractivity contribution >= 4 is 14.3 Å². The molecule has 0 aromatic heterocycles. The second-order valence-electron chi connectivity index (χ2n) is 13.7. The molecule has 234 valence electrons. The van der Waals surface area contributed by atoms with Gasteiger partial charge in [0.2, 0.25) is 0 Å². The molecule has 0 spiro atoms. The zero-order chi connectivity index (χ0) is 30.6. The van der Waals surface area contributed by atoms with Gasteiger partial charge in [-0.3, -0.25) is 4.79 Å². The zero-order valence-corrected chi connectivity index (χ0v) is 27.4. The highest BCUT2D eigenvalue weighted by Crippen LogP contribution is 2.45. The van der Waals surface area contributed by atoms with Crippen LogP contribution >= 0.6 is 0 Å². The minimum Gasteiger partial charge on any atom is -0.454 e. The van der Waals surface area contributed by atoms with Crippen molar-refractivity contribution in [3.63, 3.8) is 0 Å². The van der Waals surface area contributed by atoms with Gasteiger partial charge in [0.05, 0.1) is 25.7 Å². The quantitative estimate of drug-likeness (QED) is 0.151. The second kappa shape index (κ2) is 13.8. The molecule has 1 saturated heterocycles. The summed E-state index contributed by atoms with van der Waals surface area (Å²) in [5.74, 6) is 0.316. The molecule has 1 saturated carbocycles. The third kappa shape index (κ3) is 7.67. The van der Waals surface area contributed by atoms with Gasteiger partial charge >= 0.3 is 5.97 Å². The van der Waals surface area contributed by atoms with Crippen LogP contribution in [0.15, 0.2) is 72.8 Å². The minimum absolute atomic E-state index is 0.0822. The number of esters is 1. The van der Waals surface area contributed by atoms with Gasteiger partial charge in [0.1, 0.15) is 18.3 Å². The molecular formula is C35H48O7Si. The lowest BCUT2D eigenvalue weighted by Crippen LogP contribution is -2.65. The molecule has 43 heavy (non-hydrogen) atoms. The predicted octanol–water partition coefficient (Wildman–Crippen LogP) is 6.67. The van der Waals surface area contributed by atoms with E-state index in [2.05, 4.69) is 46.0 Å². The first kappa shape index (κ1) is 32.1. The van der Waals surface area contributed by atoms with Crippen LogP contribution in [-0.2, 0) is 46.1 Å². The fourth-order valence-electron chi connectivity index (χ4n) is 6.09.